The summed E-state index contributed by atoms with van der Waals surface area (Å²) in [7, 11) is 0. The monoisotopic (exact) mass is 219 g/mol. The van der Waals surface area contributed by atoms with Gasteiger partial charge < -0.3 is 0 Å². The van der Waals surface area contributed by atoms with Gasteiger partial charge >= 0.3 is 6.18 Å². The highest BCUT2D eigenvalue weighted by molar-refractivity contribution is 5.11. The zero-order valence-corrected chi connectivity index (χ0v) is 9.01. The van der Waals surface area contributed by atoms with E-state index in [0.29, 0.717) is 0 Å². The van der Waals surface area contributed by atoms with Gasteiger partial charge in [0.15, 0.2) is 0 Å². The highest BCUT2D eigenvalue weighted by atomic mass is 19.4. The second-order valence-corrected chi connectivity index (χ2v) is 3.09. The Kier molecular flexibility index (Phi) is 6.75. The third-order valence-corrected chi connectivity index (χ3v) is 1.70. The molecule has 0 N–H and O–H groups in total. The first-order chi connectivity index (χ1) is 7.02. The van der Waals surface area contributed by atoms with Crippen LogP contribution in [-0.4, -0.2) is 4.98 Å². The van der Waals surface area contributed by atoms with Crippen molar-refractivity contribution in [3.8, 4) is 0 Å². The summed E-state index contributed by atoms with van der Waals surface area (Å²) < 4.78 is 35.2. The van der Waals surface area contributed by atoms with Gasteiger partial charge in [0.2, 0.25) is 0 Å². The Morgan fingerprint density at radius 3 is 2.00 bits per heavy atom. The fraction of sp³-hybridized carbons (Fsp3) is 0.545. The van der Waals surface area contributed by atoms with Gasteiger partial charge in [-0.3, -0.25) is 4.98 Å². The van der Waals surface area contributed by atoms with Crippen molar-refractivity contribution in [1.82, 2.24) is 4.98 Å². The van der Waals surface area contributed by atoms with Gasteiger partial charge in [-0.25, -0.2) is 0 Å². The maximum Gasteiger partial charge on any atom is 0.417 e. The van der Waals surface area contributed by atoms with E-state index >= 15 is 0 Å². The van der Waals surface area contributed by atoms with Crippen LogP contribution in [0.5, 0.6) is 0 Å². The van der Waals surface area contributed by atoms with Crippen molar-refractivity contribution < 1.29 is 13.2 Å². The van der Waals surface area contributed by atoms with E-state index in [1.165, 1.54) is 31.5 Å². The molecule has 1 aromatic heterocycles. The number of rotatable bonds is 2. The molecule has 1 heterocycles. The van der Waals surface area contributed by atoms with Crippen molar-refractivity contribution in [2.75, 3.05) is 0 Å². The summed E-state index contributed by atoms with van der Waals surface area (Å²) in [5, 5.41) is 0. The van der Waals surface area contributed by atoms with Gasteiger partial charge in [-0.1, -0.05) is 33.1 Å². The van der Waals surface area contributed by atoms with Crippen molar-refractivity contribution in [3.63, 3.8) is 0 Å². The quantitative estimate of drug-likeness (QED) is 0.722. The number of pyridine rings is 1. The molecule has 1 nitrogen and oxygen atoms in total. The van der Waals surface area contributed by atoms with Gasteiger partial charge in [0.05, 0.1) is 5.56 Å². The number of halogens is 3. The first-order valence-electron chi connectivity index (χ1n) is 4.99. The first-order valence-corrected chi connectivity index (χ1v) is 4.99. The number of hydrogen-bond donors (Lipinski definition) is 0. The van der Waals surface area contributed by atoms with Gasteiger partial charge in [-0.2, -0.15) is 13.2 Å². The number of hydrogen-bond acceptors (Lipinski definition) is 1. The molecule has 86 valence electrons. The number of aromatic nitrogens is 1. The van der Waals surface area contributed by atoms with Crippen LogP contribution < -0.4 is 0 Å². The van der Waals surface area contributed by atoms with Crippen molar-refractivity contribution in [2.24, 2.45) is 0 Å². The Hall–Kier alpha value is -1.06. The van der Waals surface area contributed by atoms with Crippen LogP contribution in [0, 0.1) is 0 Å². The van der Waals surface area contributed by atoms with E-state index in [1.807, 2.05) is 0 Å². The van der Waals surface area contributed by atoms with E-state index in [0.717, 1.165) is 12.3 Å². The molecular formula is C11H16F3N. The lowest BCUT2D eigenvalue weighted by Gasteiger charge is -2.03. The lowest BCUT2D eigenvalue weighted by Crippen LogP contribution is -2.04. The first kappa shape index (κ1) is 13.9. The molecule has 1 rings (SSSR count). The summed E-state index contributed by atoms with van der Waals surface area (Å²) in [6, 6.07) is 2.23. The van der Waals surface area contributed by atoms with E-state index in [1.54, 1.807) is 0 Å². The predicted octanol–water partition coefficient (Wildman–Crippen LogP) is 4.30. The van der Waals surface area contributed by atoms with Crippen LogP contribution in [0.1, 0.15) is 38.7 Å². The summed E-state index contributed by atoms with van der Waals surface area (Å²) in [6.45, 7) is 4.42. The molecule has 0 fully saturated rings. The number of nitrogens with zero attached hydrogens (tertiary/aromatic N) is 1. The Balaban J connectivity index is 0.000000336. The Labute approximate surface area is 88.3 Å². The van der Waals surface area contributed by atoms with Gasteiger partial charge in [0.25, 0.3) is 0 Å². The molecule has 0 saturated heterocycles. The van der Waals surface area contributed by atoms with Crippen LogP contribution >= 0.6 is 0 Å². The molecule has 0 atom stereocenters. The van der Waals surface area contributed by atoms with Crippen molar-refractivity contribution >= 4 is 0 Å². The summed E-state index contributed by atoms with van der Waals surface area (Å²) >= 11 is 0. The minimum Gasteiger partial charge on any atom is -0.264 e. The fourth-order valence-electron chi connectivity index (χ4n) is 0.884. The molecule has 0 aliphatic carbocycles. The molecule has 0 aliphatic rings. The van der Waals surface area contributed by atoms with Crippen LogP contribution in [0.3, 0.4) is 0 Å². The SMILES string of the molecule is CCCCC.FC(F)(F)c1cccnc1. The van der Waals surface area contributed by atoms with Gasteiger partial charge in [-0.15, -0.1) is 0 Å². The third kappa shape index (κ3) is 6.94. The number of unbranched alkanes of at least 4 members (excludes halogenated alkanes) is 2. The maximum atomic E-state index is 11.7. The summed E-state index contributed by atoms with van der Waals surface area (Å²) in [6.07, 6.45) is 1.90. The molecule has 0 saturated carbocycles. The molecular weight excluding hydrogens is 203 g/mol. The molecule has 0 amide bonds. The van der Waals surface area contributed by atoms with Gasteiger partial charge in [0, 0.05) is 12.4 Å². The number of alkyl halides is 3. The van der Waals surface area contributed by atoms with E-state index in [-0.39, 0.29) is 0 Å². The summed E-state index contributed by atoms with van der Waals surface area (Å²) in [4.78, 5) is 3.33. The smallest absolute Gasteiger partial charge is 0.264 e. The van der Waals surface area contributed by atoms with Crippen LogP contribution in [0.2, 0.25) is 0 Å². The van der Waals surface area contributed by atoms with Crippen LogP contribution in [0.15, 0.2) is 24.5 Å². The van der Waals surface area contributed by atoms with Crippen molar-refractivity contribution in [1.29, 1.82) is 0 Å². The second-order valence-electron chi connectivity index (χ2n) is 3.09. The topological polar surface area (TPSA) is 12.9 Å². The van der Waals surface area contributed by atoms with Gasteiger partial charge in [-0.05, 0) is 12.1 Å². The van der Waals surface area contributed by atoms with Crippen LogP contribution in [0.25, 0.3) is 0 Å². The molecule has 0 aliphatic heterocycles. The van der Waals surface area contributed by atoms with Crippen LogP contribution in [-0.2, 0) is 6.18 Å². The van der Waals surface area contributed by atoms with Crippen molar-refractivity contribution in [3.05, 3.63) is 30.1 Å². The standard InChI is InChI=1S/C6H4F3N.C5H12/c7-6(8,9)5-2-1-3-10-4-5;1-3-5-4-2/h1-4H;3-5H2,1-2H3. The van der Waals surface area contributed by atoms with E-state index in [2.05, 4.69) is 18.8 Å². The van der Waals surface area contributed by atoms with E-state index in [4.69, 9.17) is 0 Å². The zero-order chi connectivity index (χ0) is 11.7. The Morgan fingerprint density at radius 2 is 1.80 bits per heavy atom. The summed E-state index contributed by atoms with van der Waals surface area (Å²) in [5.74, 6) is 0. The van der Waals surface area contributed by atoms with E-state index < -0.39 is 11.7 Å². The molecule has 0 radical (unpaired) electrons. The largest absolute Gasteiger partial charge is 0.417 e. The van der Waals surface area contributed by atoms with E-state index in [9.17, 15) is 13.2 Å². The molecule has 0 unspecified atom stereocenters. The predicted molar refractivity (Wildman–Crippen MR) is 54.4 cm³/mol. The maximum absolute atomic E-state index is 11.7. The molecule has 1 aromatic rings. The van der Waals surface area contributed by atoms with Crippen LogP contribution in [0.4, 0.5) is 13.2 Å². The average Bonchev–Trinajstić information content (AvgIpc) is 2.20. The molecule has 0 aromatic carbocycles. The molecule has 0 spiro atoms. The minimum absolute atomic E-state index is 0.713. The summed E-state index contributed by atoms with van der Waals surface area (Å²) in [5.41, 5.74) is -0.713. The minimum atomic E-state index is -4.27. The molecule has 15 heavy (non-hydrogen) atoms. The average molecular weight is 219 g/mol. The normalized spacial score (nSPS) is 10.5. The Morgan fingerprint density at radius 1 is 1.20 bits per heavy atom. The molecule has 0 bridgehead atoms. The highest BCUT2D eigenvalue weighted by Crippen LogP contribution is 2.27. The zero-order valence-electron chi connectivity index (χ0n) is 9.01. The second kappa shape index (κ2) is 7.26. The van der Waals surface area contributed by atoms with Gasteiger partial charge in [0.1, 0.15) is 0 Å². The van der Waals surface area contributed by atoms with Crippen molar-refractivity contribution in [2.45, 2.75) is 39.3 Å². The Bertz CT molecular complexity index is 242. The third-order valence-electron chi connectivity index (χ3n) is 1.70. The fourth-order valence-corrected chi connectivity index (χ4v) is 0.884. The highest BCUT2D eigenvalue weighted by Gasteiger charge is 2.30. The lowest BCUT2D eigenvalue weighted by molar-refractivity contribution is -0.137. The molecule has 4 heteroatoms. The lowest BCUT2D eigenvalue weighted by atomic mass is 10.3.